The van der Waals surface area contributed by atoms with E-state index in [0.717, 1.165) is 55.9 Å². The van der Waals surface area contributed by atoms with Gasteiger partial charge < -0.3 is 9.13 Å². The number of nitrogens with zero attached hydrogens (tertiary/aromatic N) is 2. The van der Waals surface area contributed by atoms with Gasteiger partial charge in [-0.1, -0.05) is 195 Å². The van der Waals surface area contributed by atoms with E-state index in [2.05, 4.69) is 241 Å². The Labute approximate surface area is 374 Å². The lowest BCUT2D eigenvalue weighted by Gasteiger charge is -2.16. The molecule has 0 saturated carbocycles. The summed E-state index contributed by atoms with van der Waals surface area (Å²) >= 11 is 0. The predicted octanol–water partition coefficient (Wildman–Crippen LogP) is 16.9. The summed E-state index contributed by atoms with van der Waals surface area (Å²) in [4.78, 5) is 0. The second kappa shape index (κ2) is 16.4. The minimum atomic E-state index is 1.05. The molecular formula is C62H44N2. The zero-order valence-corrected chi connectivity index (χ0v) is 35.4. The highest BCUT2D eigenvalue weighted by Crippen LogP contribution is 2.40. The predicted molar refractivity (Wildman–Crippen MR) is 274 cm³/mol. The molecule has 302 valence electrons. The molecule has 2 aromatic heterocycles. The van der Waals surface area contributed by atoms with Crippen LogP contribution in [0.4, 0.5) is 0 Å². The summed E-state index contributed by atoms with van der Waals surface area (Å²) in [6.45, 7) is 8.01. The monoisotopic (exact) mass is 816 g/mol. The summed E-state index contributed by atoms with van der Waals surface area (Å²) in [5.41, 5.74) is 18.5. The number of hydrogen-bond donors (Lipinski definition) is 0. The van der Waals surface area contributed by atoms with Gasteiger partial charge in [-0.3, -0.25) is 0 Å². The number of hydrogen-bond acceptors (Lipinski definition) is 0. The molecule has 0 spiro atoms. The van der Waals surface area contributed by atoms with Crippen LogP contribution in [0.5, 0.6) is 0 Å². The van der Waals surface area contributed by atoms with Crippen molar-refractivity contribution in [3.05, 3.63) is 261 Å². The molecular weight excluding hydrogens is 773 g/mol. The van der Waals surface area contributed by atoms with E-state index in [4.69, 9.17) is 0 Å². The zero-order valence-electron chi connectivity index (χ0n) is 35.4. The Morgan fingerprint density at radius 3 is 1.34 bits per heavy atom. The third-order valence-corrected chi connectivity index (χ3v) is 12.5. The van der Waals surface area contributed by atoms with Crippen molar-refractivity contribution in [1.82, 2.24) is 9.13 Å². The van der Waals surface area contributed by atoms with Crippen LogP contribution in [-0.2, 0) is 0 Å². The second-order valence-electron chi connectivity index (χ2n) is 16.2. The van der Waals surface area contributed by atoms with Gasteiger partial charge in [-0.15, -0.1) is 0 Å². The SMILES string of the molecule is C=C/C=C/C=C(/C=C)c1ccccc1-c1cccc(-c2cc(-c3ccc(-n4c5ccccc5c5ccccc54)cc3)ccc2-c2ccc(-n3c4ccccc4c4ccccc43)cc2)c1. The van der Waals surface area contributed by atoms with Crippen LogP contribution in [-0.4, -0.2) is 9.13 Å². The number of benzene rings is 9. The first-order valence-electron chi connectivity index (χ1n) is 21.8. The van der Waals surface area contributed by atoms with Crippen LogP contribution in [0.2, 0.25) is 0 Å². The van der Waals surface area contributed by atoms with E-state index < -0.39 is 0 Å². The maximum atomic E-state index is 4.17. The Bertz CT molecular complexity index is 3520. The molecule has 0 aliphatic heterocycles. The molecule has 0 N–H and O–H groups in total. The average Bonchev–Trinajstić information content (AvgIpc) is 3.88. The molecule has 0 aliphatic rings. The first-order valence-corrected chi connectivity index (χ1v) is 21.8. The van der Waals surface area contributed by atoms with E-state index in [-0.39, 0.29) is 0 Å². The topological polar surface area (TPSA) is 9.86 Å². The van der Waals surface area contributed by atoms with Gasteiger partial charge in [-0.25, -0.2) is 0 Å². The molecule has 64 heavy (non-hydrogen) atoms. The third-order valence-electron chi connectivity index (χ3n) is 12.5. The van der Waals surface area contributed by atoms with Gasteiger partial charge in [0, 0.05) is 32.9 Å². The molecule has 2 heterocycles. The summed E-state index contributed by atoms with van der Waals surface area (Å²) in [6, 6.07) is 77.3. The van der Waals surface area contributed by atoms with Crippen LogP contribution >= 0.6 is 0 Å². The van der Waals surface area contributed by atoms with Gasteiger partial charge in [-0.2, -0.15) is 0 Å². The molecule has 0 atom stereocenters. The molecule has 0 saturated heterocycles. The van der Waals surface area contributed by atoms with E-state index in [0.29, 0.717) is 0 Å². The molecule has 2 heteroatoms. The Hall–Kier alpha value is -8.46. The van der Waals surface area contributed by atoms with Crippen LogP contribution in [0.25, 0.3) is 105 Å². The lowest BCUT2D eigenvalue weighted by molar-refractivity contribution is 1.18. The van der Waals surface area contributed by atoms with Crippen molar-refractivity contribution >= 4 is 49.2 Å². The van der Waals surface area contributed by atoms with Crippen molar-refractivity contribution in [2.75, 3.05) is 0 Å². The number of para-hydroxylation sites is 4. The summed E-state index contributed by atoms with van der Waals surface area (Å²) in [5.74, 6) is 0. The van der Waals surface area contributed by atoms with Gasteiger partial charge in [0.1, 0.15) is 0 Å². The average molecular weight is 817 g/mol. The molecule has 0 radical (unpaired) electrons. The number of allylic oxidation sites excluding steroid dienone is 6. The molecule has 0 amide bonds. The van der Waals surface area contributed by atoms with E-state index in [1.807, 2.05) is 18.2 Å². The lowest BCUT2D eigenvalue weighted by atomic mass is 9.88. The molecule has 0 fully saturated rings. The fourth-order valence-corrected chi connectivity index (χ4v) is 9.56. The van der Waals surface area contributed by atoms with Crippen molar-refractivity contribution in [3.63, 3.8) is 0 Å². The van der Waals surface area contributed by atoms with Gasteiger partial charge in [0.2, 0.25) is 0 Å². The van der Waals surface area contributed by atoms with Gasteiger partial charge in [0.25, 0.3) is 0 Å². The normalized spacial score (nSPS) is 11.9. The highest BCUT2D eigenvalue weighted by Gasteiger charge is 2.17. The molecule has 2 nitrogen and oxygen atoms in total. The number of rotatable bonds is 10. The first kappa shape index (κ1) is 38.5. The fourth-order valence-electron chi connectivity index (χ4n) is 9.56. The lowest BCUT2D eigenvalue weighted by Crippen LogP contribution is -1.95. The van der Waals surface area contributed by atoms with Gasteiger partial charge in [-0.05, 0) is 116 Å². The summed E-state index contributed by atoms with van der Waals surface area (Å²) in [5, 5.41) is 5.04. The highest BCUT2D eigenvalue weighted by molar-refractivity contribution is 6.10. The third kappa shape index (κ3) is 6.70. The second-order valence-corrected chi connectivity index (χ2v) is 16.2. The number of fused-ring (bicyclic) bond motifs is 6. The van der Waals surface area contributed by atoms with Crippen LogP contribution in [0.1, 0.15) is 5.56 Å². The highest BCUT2D eigenvalue weighted by atomic mass is 15.0. The Morgan fingerprint density at radius 1 is 0.344 bits per heavy atom. The largest absolute Gasteiger partial charge is 0.309 e. The molecule has 11 rings (SSSR count). The van der Waals surface area contributed by atoms with Crippen LogP contribution in [0.3, 0.4) is 0 Å². The van der Waals surface area contributed by atoms with Gasteiger partial charge in [0.05, 0.1) is 22.1 Å². The maximum absolute atomic E-state index is 4.17. The molecule has 9 aromatic carbocycles. The van der Waals surface area contributed by atoms with Crippen LogP contribution in [0.15, 0.2) is 256 Å². The maximum Gasteiger partial charge on any atom is 0.0541 e. The minimum Gasteiger partial charge on any atom is -0.309 e. The smallest absolute Gasteiger partial charge is 0.0541 e. The summed E-state index contributed by atoms with van der Waals surface area (Å²) in [7, 11) is 0. The molecule has 11 aromatic rings. The van der Waals surface area contributed by atoms with E-state index >= 15 is 0 Å². The zero-order chi connectivity index (χ0) is 43.0. The molecule has 0 aliphatic carbocycles. The van der Waals surface area contributed by atoms with E-state index in [1.54, 1.807) is 6.08 Å². The number of aromatic nitrogens is 2. The Balaban J connectivity index is 1.04. The van der Waals surface area contributed by atoms with E-state index in [9.17, 15) is 0 Å². The van der Waals surface area contributed by atoms with Crippen molar-refractivity contribution in [1.29, 1.82) is 0 Å². The Kier molecular flexibility index (Phi) is 9.88. The van der Waals surface area contributed by atoms with Gasteiger partial charge >= 0.3 is 0 Å². The molecule has 0 unspecified atom stereocenters. The first-order chi connectivity index (χ1) is 31.7. The van der Waals surface area contributed by atoms with Crippen LogP contribution in [0, 0.1) is 0 Å². The van der Waals surface area contributed by atoms with Crippen molar-refractivity contribution < 1.29 is 0 Å². The van der Waals surface area contributed by atoms with E-state index in [1.165, 1.54) is 54.7 Å². The summed E-state index contributed by atoms with van der Waals surface area (Å²) in [6.07, 6.45) is 9.75. The van der Waals surface area contributed by atoms with Crippen LogP contribution < -0.4 is 0 Å². The molecule has 0 bridgehead atoms. The van der Waals surface area contributed by atoms with Crippen molar-refractivity contribution in [3.8, 4) is 55.9 Å². The quantitative estimate of drug-likeness (QED) is 0.122. The van der Waals surface area contributed by atoms with Crippen molar-refractivity contribution in [2.24, 2.45) is 0 Å². The fraction of sp³-hybridized carbons (Fsp3) is 0. The van der Waals surface area contributed by atoms with Crippen molar-refractivity contribution in [2.45, 2.75) is 0 Å². The standard InChI is InChI=1S/C62H44N2/c1-3-5-6-18-43(4-2)51-21-7-8-22-52(51)47-19-17-20-48(41-47)58-42-46(44-31-36-49(37-32-44)63-59-27-13-9-23-54(59)55-24-10-14-28-60(55)63)35-40-53(58)45-33-38-50(39-34-45)64-61-29-15-11-25-56(61)57-26-12-16-30-62(57)64/h3-42H,1-2H2/b6-5+,43-18-. The van der Waals surface area contributed by atoms with Gasteiger partial charge in [0.15, 0.2) is 0 Å². The minimum absolute atomic E-state index is 1.05. The summed E-state index contributed by atoms with van der Waals surface area (Å²) < 4.78 is 4.75. The Morgan fingerprint density at radius 2 is 0.812 bits per heavy atom.